The van der Waals surface area contributed by atoms with E-state index in [9.17, 15) is 8.42 Å². The minimum absolute atomic E-state index is 0.00678. The van der Waals surface area contributed by atoms with E-state index in [1.54, 1.807) is 12.1 Å². The van der Waals surface area contributed by atoms with Crippen molar-refractivity contribution in [1.82, 2.24) is 4.31 Å². The van der Waals surface area contributed by atoms with E-state index < -0.39 is 10.0 Å². The summed E-state index contributed by atoms with van der Waals surface area (Å²) >= 11 is 8.30. The van der Waals surface area contributed by atoms with Crippen LogP contribution in [0, 0.1) is 0 Å². The molecule has 0 aliphatic rings. The van der Waals surface area contributed by atoms with Gasteiger partial charge in [0.05, 0.1) is 5.75 Å². The molecule has 0 aliphatic carbocycles. The standard InChI is InChI=1S/C11H16BrN3O2S2/c1-15(2)19(16,17)6-5-14-10-4-3-8(12)7-9(10)11(13)18/h3-4,7,14H,5-6H2,1-2H3,(H2,13,18). The van der Waals surface area contributed by atoms with Gasteiger partial charge in [-0.2, -0.15) is 0 Å². The van der Waals surface area contributed by atoms with Gasteiger partial charge in [-0.05, 0) is 18.2 Å². The molecule has 0 saturated carbocycles. The van der Waals surface area contributed by atoms with Crippen LogP contribution in [0.15, 0.2) is 22.7 Å². The smallest absolute Gasteiger partial charge is 0.215 e. The zero-order valence-electron chi connectivity index (χ0n) is 10.7. The maximum Gasteiger partial charge on any atom is 0.215 e. The molecule has 19 heavy (non-hydrogen) atoms. The molecule has 1 aromatic rings. The average Bonchev–Trinajstić information content (AvgIpc) is 2.30. The van der Waals surface area contributed by atoms with Crippen LogP contribution in [-0.4, -0.2) is 44.1 Å². The Morgan fingerprint density at radius 2 is 2.11 bits per heavy atom. The van der Waals surface area contributed by atoms with E-state index in [0.717, 1.165) is 10.2 Å². The third-order valence-electron chi connectivity index (χ3n) is 2.48. The lowest BCUT2D eigenvalue weighted by atomic mass is 10.2. The van der Waals surface area contributed by atoms with Crippen LogP contribution in [0.4, 0.5) is 5.69 Å². The van der Waals surface area contributed by atoms with E-state index in [4.69, 9.17) is 18.0 Å². The Morgan fingerprint density at radius 1 is 1.47 bits per heavy atom. The Hall–Kier alpha value is -0.700. The van der Waals surface area contributed by atoms with Crippen molar-refractivity contribution in [2.24, 2.45) is 5.73 Å². The predicted octanol–water partition coefficient (Wildman–Crippen LogP) is 1.39. The molecule has 0 unspecified atom stereocenters. The number of sulfonamides is 1. The van der Waals surface area contributed by atoms with Gasteiger partial charge in [0.25, 0.3) is 0 Å². The topological polar surface area (TPSA) is 75.4 Å². The van der Waals surface area contributed by atoms with Crippen molar-refractivity contribution in [3.8, 4) is 0 Å². The Balaban J connectivity index is 2.77. The van der Waals surface area contributed by atoms with Crippen molar-refractivity contribution < 1.29 is 8.42 Å². The fraction of sp³-hybridized carbons (Fsp3) is 0.364. The molecule has 0 aliphatic heterocycles. The summed E-state index contributed by atoms with van der Waals surface area (Å²) < 4.78 is 25.3. The molecule has 0 bridgehead atoms. The molecule has 0 spiro atoms. The van der Waals surface area contributed by atoms with E-state index in [2.05, 4.69) is 21.2 Å². The van der Waals surface area contributed by atoms with Gasteiger partial charge in [0, 0.05) is 36.4 Å². The highest BCUT2D eigenvalue weighted by molar-refractivity contribution is 9.10. The fourth-order valence-electron chi connectivity index (χ4n) is 1.37. The van der Waals surface area contributed by atoms with E-state index >= 15 is 0 Å². The number of thiocarbonyl (C=S) groups is 1. The molecule has 1 rings (SSSR count). The van der Waals surface area contributed by atoms with Crippen LogP contribution >= 0.6 is 28.1 Å². The van der Waals surface area contributed by atoms with Gasteiger partial charge < -0.3 is 11.1 Å². The molecule has 0 atom stereocenters. The highest BCUT2D eigenvalue weighted by Crippen LogP contribution is 2.21. The minimum atomic E-state index is -3.21. The maximum atomic E-state index is 11.6. The van der Waals surface area contributed by atoms with Crippen molar-refractivity contribution in [1.29, 1.82) is 0 Å². The first-order valence-corrected chi connectivity index (χ1v) is 8.28. The first-order chi connectivity index (χ1) is 8.74. The van der Waals surface area contributed by atoms with Gasteiger partial charge in [0.2, 0.25) is 10.0 Å². The number of benzene rings is 1. The maximum absolute atomic E-state index is 11.6. The zero-order valence-corrected chi connectivity index (χ0v) is 13.9. The minimum Gasteiger partial charge on any atom is -0.389 e. The van der Waals surface area contributed by atoms with Gasteiger partial charge in [0.15, 0.2) is 0 Å². The summed E-state index contributed by atoms with van der Waals surface area (Å²) in [6.07, 6.45) is 0. The average molecular weight is 366 g/mol. The molecule has 1 aromatic carbocycles. The highest BCUT2D eigenvalue weighted by Gasteiger charge is 2.13. The summed E-state index contributed by atoms with van der Waals surface area (Å²) in [5.41, 5.74) is 7.05. The van der Waals surface area contributed by atoms with Crippen LogP contribution < -0.4 is 11.1 Å². The molecule has 0 saturated heterocycles. The number of anilines is 1. The van der Waals surface area contributed by atoms with Crippen LogP contribution in [-0.2, 0) is 10.0 Å². The Kier molecular flexibility index (Phi) is 5.72. The molecule has 0 fully saturated rings. The number of nitrogens with zero attached hydrogens (tertiary/aromatic N) is 1. The SMILES string of the molecule is CN(C)S(=O)(=O)CCNc1ccc(Br)cc1C(N)=S. The molecule has 0 aromatic heterocycles. The molecular formula is C11H16BrN3O2S2. The van der Waals surface area contributed by atoms with E-state index in [1.807, 2.05) is 6.07 Å². The number of hydrogen-bond donors (Lipinski definition) is 2. The Labute approximate surface area is 127 Å². The van der Waals surface area contributed by atoms with Gasteiger partial charge in [0.1, 0.15) is 4.99 Å². The van der Waals surface area contributed by atoms with Crippen molar-refractivity contribution in [2.45, 2.75) is 0 Å². The lowest BCUT2D eigenvalue weighted by molar-refractivity contribution is 0.521. The normalized spacial score (nSPS) is 11.6. The number of hydrogen-bond acceptors (Lipinski definition) is 4. The van der Waals surface area contributed by atoms with E-state index in [0.29, 0.717) is 5.56 Å². The van der Waals surface area contributed by atoms with E-state index in [-0.39, 0.29) is 17.3 Å². The van der Waals surface area contributed by atoms with Gasteiger partial charge >= 0.3 is 0 Å². The molecule has 0 amide bonds. The molecular weight excluding hydrogens is 350 g/mol. The predicted molar refractivity (Wildman–Crippen MR) is 86.0 cm³/mol. The van der Waals surface area contributed by atoms with Crippen LogP contribution in [0.25, 0.3) is 0 Å². The number of nitrogens with two attached hydrogens (primary N) is 1. The van der Waals surface area contributed by atoms with Crippen molar-refractivity contribution in [3.63, 3.8) is 0 Å². The lowest BCUT2D eigenvalue weighted by Crippen LogP contribution is -2.28. The van der Waals surface area contributed by atoms with Crippen LogP contribution in [0.1, 0.15) is 5.56 Å². The van der Waals surface area contributed by atoms with Crippen LogP contribution in [0.5, 0.6) is 0 Å². The monoisotopic (exact) mass is 365 g/mol. The van der Waals surface area contributed by atoms with Crippen LogP contribution in [0.3, 0.4) is 0 Å². The van der Waals surface area contributed by atoms with Gasteiger partial charge in [-0.15, -0.1) is 0 Å². The largest absolute Gasteiger partial charge is 0.389 e. The Bertz CT molecular complexity index is 573. The summed E-state index contributed by atoms with van der Waals surface area (Å²) in [4.78, 5) is 0.263. The molecule has 5 nitrogen and oxygen atoms in total. The van der Waals surface area contributed by atoms with Gasteiger partial charge in [-0.25, -0.2) is 12.7 Å². The molecule has 3 N–H and O–H groups in total. The van der Waals surface area contributed by atoms with Crippen molar-refractivity contribution in [2.75, 3.05) is 31.7 Å². The summed E-state index contributed by atoms with van der Waals surface area (Å²) in [6.45, 7) is 0.289. The molecule has 0 heterocycles. The third-order valence-corrected chi connectivity index (χ3v) is 5.02. The molecule has 106 valence electrons. The zero-order chi connectivity index (χ0) is 14.6. The summed E-state index contributed by atoms with van der Waals surface area (Å²) in [6, 6.07) is 5.44. The summed E-state index contributed by atoms with van der Waals surface area (Å²) in [5, 5.41) is 3.04. The first-order valence-electron chi connectivity index (χ1n) is 5.47. The Morgan fingerprint density at radius 3 is 2.63 bits per heavy atom. The second kappa shape index (κ2) is 6.65. The number of halogens is 1. The summed E-state index contributed by atoms with van der Waals surface area (Å²) in [7, 11) is -0.193. The second-order valence-electron chi connectivity index (χ2n) is 4.08. The number of nitrogens with one attached hydrogen (secondary N) is 1. The third kappa shape index (κ3) is 4.72. The van der Waals surface area contributed by atoms with Crippen LogP contribution in [0.2, 0.25) is 0 Å². The molecule has 0 radical (unpaired) electrons. The summed E-state index contributed by atoms with van der Waals surface area (Å²) in [5.74, 6) is 0.00678. The van der Waals surface area contributed by atoms with E-state index in [1.165, 1.54) is 18.4 Å². The fourth-order valence-corrected chi connectivity index (χ4v) is 2.63. The number of rotatable bonds is 6. The van der Waals surface area contributed by atoms with Gasteiger partial charge in [-0.1, -0.05) is 28.1 Å². The lowest BCUT2D eigenvalue weighted by Gasteiger charge is -2.14. The second-order valence-corrected chi connectivity index (χ2v) is 7.74. The highest BCUT2D eigenvalue weighted by atomic mass is 79.9. The first kappa shape index (κ1) is 16.4. The van der Waals surface area contributed by atoms with Crippen molar-refractivity contribution >= 4 is 48.8 Å². The van der Waals surface area contributed by atoms with Crippen molar-refractivity contribution in [3.05, 3.63) is 28.2 Å². The quantitative estimate of drug-likeness (QED) is 0.745. The van der Waals surface area contributed by atoms with Gasteiger partial charge in [-0.3, -0.25) is 0 Å². The molecule has 8 heteroatoms.